The predicted octanol–water partition coefficient (Wildman–Crippen LogP) is 4.86. The van der Waals surface area contributed by atoms with Crippen molar-refractivity contribution in [3.63, 3.8) is 0 Å². The lowest BCUT2D eigenvalue weighted by Crippen LogP contribution is -2.27. The number of halogens is 2. The predicted molar refractivity (Wildman–Crippen MR) is 71.1 cm³/mol. The van der Waals surface area contributed by atoms with E-state index in [0.717, 1.165) is 5.69 Å². The smallest absolute Gasteiger partial charge is 0.124 e. The number of anilines is 1. The lowest BCUT2D eigenvalue weighted by molar-refractivity contribution is 0.328. The second-order valence-electron chi connectivity index (χ2n) is 4.96. The molecule has 1 aliphatic rings. The van der Waals surface area contributed by atoms with E-state index in [9.17, 15) is 4.39 Å². The lowest BCUT2D eigenvalue weighted by Gasteiger charge is -2.29. The minimum absolute atomic E-state index is 0.286. The first-order chi connectivity index (χ1) is 8.16. The molecular formula is C14H19ClFN. The zero-order chi connectivity index (χ0) is 12.3. The van der Waals surface area contributed by atoms with E-state index in [1.807, 2.05) is 0 Å². The molecule has 0 bridgehead atoms. The molecule has 94 valence electrons. The Morgan fingerprint density at radius 2 is 2.00 bits per heavy atom. The molecule has 1 aromatic carbocycles. The summed E-state index contributed by atoms with van der Waals surface area (Å²) in [5.41, 5.74) is 0.839. The largest absolute Gasteiger partial charge is 0.381 e. The van der Waals surface area contributed by atoms with Gasteiger partial charge >= 0.3 is 0 Å². The molecule has 0 aromatic heterocycles. The van der Waals surface area contributed by atoms with Gasteiger partial charge in [-0.05, 0) is 43.9 Å². The highest BCUT2D eigenvalue weighted by Crippen LogP contribution is 2.30. The van der Waals surface area contributed by atoms with E-state index in [-0.39, 0.29) is 5.82 Å². The minimum atomic E-state index is -0.286. The summed E-state index contributed by atoms with van der Waals surface area (Å²) in [6, 6.07) is 4.93. The molecule has 1 unspecified atom stereocenters. The van der Waals surface area contributed by atoms with Crippen molar-refractivity contribution in [2.24, 2.45) is 5.92 Å². The zero-order valence-corrected chi connectivity index (χ0v) is 10.9. The van der Waals surface area contributed by atoms with Crippen molar-refractivity contribution in [2.45, 2.75) is 45.1 Å². The number of benzene rings is 1. The Bertz CT molecular complexity index is 374. The topological polar surface area (TPSA) is 12.0 Å². The molecular weight excluding hydrogens is 237 g/mol. The minimum Gasteiger partial charge on any atom is -0.381 e. The molecule has 0 radical (unpaired) electrons. The molecule has 1 saturated carbocycles. The van der Waals surface area contributed by atoms with Crippen LogP contribution in [0.4, 0.5) is 10.1 Å². The standard InChI is InChI=1S/C14H19ClFN/c1-10(11-5-3-2-4-6-11)17-14-8-7-12(16)9-13(14)15/h7-11,17H,2-6H2,1H3. The van der Waals surface area contributed by atoms with Gasteiger partial charge in [-0.1, -0.05) is 30.9 Å². The summed E-state index contributed by atoms with van der Waals surface area (Å²) in [7, 11) is 0. The SMILES string of the molecule is CC(Nc1ccc(F)cc1Cl)C1CCCCC1. The van der Waals surface area contributed by atoms with Gasteiger partial charge in [0.05, 0.1) is 10.7 Å². The third kappa shape index (κ3) is 3.35. The van der Waals surface area contributed by atoms with E-state index < -0.39 is 0 Å². The Hall–Kier alpha value is -0.760. The maximum absolute atomic E-state index is 12.9. The second-order valence-corrected chi connectivity index (χ2v) is 5.36. The Kier molecular flexibility index (Phi) is 4.27. The summed E-state index contributed by atoms with van der Waals surface area (Å²) in [5, 5.41) is 3.87. The van der Waals surface area contributed by atoms with Crippen LogP contribution in [-0.2, 0) is 0 Å². The van der Waals surface area contributed by atoms with E-state index in [2.05, 4.69) is 12.2 Å². The maximum atomic E-state index is 12.9. The first-order valence-corrected chi connectivity index (χ1v) is 6.76. The van der Waals surface area contributed by atoms with Gasteiger partial charge < -0.3 is 5.32 Å². The Morgan fingerprint density at radius 1 is 1.29 bits per heavy atom. The molecule has 0 saturated heterocycles. The monoisotopic (exact) mass is 255 g/mol. The molecule has 1 atom stereocenters. The summed E-state index contributed by atoms with van der Waals surface area (Å²) >= 11 is 6.01. The zero-order valence-electron chi connectivity index (χ0n) is 10.2. The van der Waals surface area contributed by atoms with Gasteiger partial charge in [0, 0.05) is 6.04 Å². The van der Waals surface area contributed by atoms with Gasteiger partial charge in [-0.15, -0.1) is 0 Å². The van der Waals surface area contributed by atoms with E-state index in [1.165, 1.54) is 44.2 Å². The van der Waals surface area contributed by atoms with E-state index in [0.29, 0.717) is 17.0 Å². The number of hydrogen-bond donors (Lipinski definition) is 1. The Morgan fingerprint density at radius 3 is 2.65 bits per heavy atom. The van der Waals surface area contributed by atoms with Gasteiger partial charge in [0.1, 0.15) is 5.82 Å². The van der Waals surface area contributed by atoms with Crippen LogP contribution in [-0.4, -0.2) is 6.04 Å². The van der Waals surface area contributed by atoms with Crippen molar-refractivity contribution in [2.75, 3.05) is 5.32 Å². The Labute approximate surface area is 107 Å². The van der Waals surface area contributed by atoms with Gasteiger partial charge in [-0.25, -0.2) is 4.39 Å². The molecule has 0 aliphatic heterocycles. The molecule has 17 heavy (non-hydrogen) atoms. The number of hydrogen-bond acceptors (Lipinski definition) is 1. The van der Waals surface area contributed by atoms with E-state index >= 15 is 0 Å². The molecule has 1 nitrogen and oxygen atoms in total. The molecule has 2 rings (SSSR count). The molecule has 0 spiro atoms. The number of rotatable bonds is 3. The van der Waals surface area contributed by atoms with Gasteiger partial charge in [0.15, 0.2) is 0 Å². The quantitative estimate of drug-likeness (QED) is 0.813. The summed E-state index contributed by atoms with van der Waals surface area (Å²) in [6.07, 6.45) is 6.59. The van der Waals surface area contributed by atoms with Crippen LogP contribution in [0.3, 0.4) is 0 Å². The normalized spacial score (nSPS) is 19.0. The average molecular weight is 256 g/mol. The lowest BCUT2D eigenvalue weighted by atomic mass is 9.84. The fraction of sp³-hybridized carbons (Fsp3) is 0.571. The third-order valence-corrected chi connectivity index (χ3v) is 3.98. The molecule has 0 heterocycles. The van der Waals surface area contributed by atoms with Crippen LogP contribution in [0.1, 0.15) is 39.0 Å². The van der Waals surface area contributed by atoms with Crippen LogP contribution in [0.25, 0.3) is 0 Å². The molecule has 1 N–H and O–H groups in total. The maximum Gasteiger partial charge on any atom is 0.124 e. The Balaban J connectivity index is 1.99. The van der Waals surface area contributed by atoms with Crippen molar-refractivity contribution >= 4 is 17.3 Å². The average Bonchev–Trinajstić information content (AvgIpc) is 2.34. The van der Waals surface area contributed by atoms with Gasteiger partial charge in [0.2, 0.25) is 0 Å². The van der Waals surface area contributed by atoms with Crippen molar-refractivity contribution < 1.29 is 4.39 Å². The summed E-state index contributed by atoms with van der Waals surface area (Å²) in [5.74, 6) is 0.427. The summed E-state index contributed by atoms with van der Waals surface area (Å²) < 4.78 is 12.9. The van der Waals surface area contributed by atoms with Gasteiger partial charge in [0.25, 0.3) is 0 Å². The number of nitrogens with one attached hydrogen (secondary N) is 1. The van der Waals surface area contributed by atoms with Crippen LogP contribution >= 0.6 is 11.6 Å². The first-order valence-electron chi connectivity index (χ1n) is 6.38. The summed E-state index contributed by atoms with van der Waals surface area (Å²) in [4.78, 5) is 0. The highest BCUT2D eigenvalue weighted by Gasteiger charge is 2.20. The van der Waals surface area contributed by atoms with Crippen LogP contribution in [0.5, 0.6) is 0 Å². The van der Waals surface area contributed by atoms with Crippen LogP contribution < -0.4 is 5.32 Å². The fourth-order valence-corrected chi connectivity index (χ4v) is 2.83. The first kappa shape index (κ1) is 12.7. The third-order valence-electron chi connectivity index (χ3n) is 3.67. The van der Waals surface area contributed by atoms with Crippen LogP contribution in [0.2, 0.25) is 5.02 Å². The van der Waals surface area contributed by atoms with Crippen LogP contribution in [0.15, 0.2) is 18.2 Å². The van der Waals surface area contributed by atoms with Crippen molar-refractivity contribution in [1.29, 1.82) is 0 Å². The van der Waals surface area contributed by atoms with Crippen molar-refractivity contribution in [3.05, 3.63) is 29.0 Å². The summed E-state index contributed by atoms with van der Waals surface area (Å²) in [6.45, 7) is 2.19. The van der Waals surface area contributed by atoms with Gasteiger partial charge in [-0.3, -0.25) is 0 Å². The highest BCUT2D eigenvalue weighted by atomic mass is 35.5. The molecule has 1 aliphatic carbocycles. The van der Waals surface area contributed by atoms with Crippen molar-refractivity contribution in [3.8, 4) is 0 Å². The second kappa shape index (κ2) is 5.72. The van der Waals surface area contributed by atoms with Crippen molar-refractivity contribution in [1.82, 2.24) is 0 Å². The fourth-order valence-electron chi connectivity index (χ4n) is 2.60. The van der Waals surface area contributed by atoms with Crippen LogP contribution in [0, 0.1) is 11.7 Å². The van der Waals surface area contributed by atoms with E-state index in [1.54, 1.807) is 6.07 Å². The highest BCUT2D eigenvalue weighted by molar-refractivity contribution is 6.33. The molecule has 1 aromatic rings. The molecule has 3 heteroatoms. The molecule has 1 fully saturated rings. The molecule has 0 amide bonds. The van der Waals surface area contributed by atoms with Gasteiger partial charge in [-0.2, -0.15) is 0 Å². The van der Waals surface area contributed by atoms with E-state index in [4.69, 9.17) is 11.6 Å².